The summed E-state index contributed by atoms with van der Waals surface area (Å²) in [6.45, 7) is 9.68. The van der Waals surface area contributed by atoms with E-state index < -0.39 is 23.9 Å². The molecular weight excluding hydrogens is 726 g/mol. The minimum absolute atomic E-state index is 0.0466. The van der Waals surface area contributed by atoms with Crippen LogP contribution in [0.1, 0.15) is 118 Å². The summed E-state index contributed by atoms with van der Waals surface area (Å²) in [5.41, 5.74) is 4.88. The van der Waals surface area contributed by atoms with Crippen LogP contribution in [0.25, 0.3) is 5.00 Å². The molecule has 278 valence electrons. The molecule has 2 aromatic heterocycles. The molecule has 0 radical (unpaired) electrons. The Morgan fingerprint density at radius 2 is 1.69 bits per heavy atom. The molecule has 1 saturated carbocycles. The molecule has 7 rings (SSSR count). The van der Waals surface area contributed by atoms with E-state index in [0.29, 0.717) is 49.4 Å². The summed E-state index contributed by atoms with van der Waals surface area (Å²) in [5, 5.41) is 10.5. The summed E-state index contributed by atoms with van der Waals surface area (Å²) < 4.78 is 7.80. The lowest BCUT2D eigenvalue weighted by Gasteiger charge is -2.29. The summed E-state index contributed by atoms with van der Waals surface area (Å²) in [6.07, 6.45) is 3.64. The predicted molar refractivity (Wildman–Crippen MR) is 205 cm³/mol. The third-order valence-electron chi connectivity index (χ3n) is 10.4. The summed E-state index contributed by atoms with van der Waals surface area (Å²) in [7, 11) is 0. The average Bonchev–Trinajstić information content (AvgIpc) is 3.72. The van der Waals surface area contributed by atoms with Crippen LogP contribution in [0.2, 0.25) is 5.02 Å². The quantitative estimate of drug-likeness (QED) is 0.0769. The highest BCUT2D eigenvalue weighted by atomic mass is 35.5. The number of ketones is 3. The number of benzene rings is 2. The average molecular weight is 766 g/mol. The van der Waals surface area contributed by atoms with Gasteiger partial charge >= 0.3 is 0 Å². The van der Waals surface area contributed by atoms with Crippen molar-refractivity contribution in [2.75, 3.05) is 6.61 Å². The van der Waals surface area contributed by atoms with Crippen LogP contribution in [0, 0.1) is 20.8 Å². The molecule has 0 spiro atoms. The van der Waals surface area contributed by atoms with Crippen molar-refractivity contribution in [1.29, 1.82) is 0 Å². The number of allylic oxidation sites excluding steroid dienone is 1. The van der Waals surface area contributed by atoms with Crippen molar-refractivity contribution < 1.29 is 28.7 Å². The Kier molecular flexibility index (Phi) is 10.6. The van der Waals surface area contributed by atoms with E-state index in [1.165, 1.54) is 10.9 Å². The second-order valence-corrected chi connectivity index (χ2v) is 15.8. The van der Waals surface area contributed by atoms with Crippen LogP contribution >= 0.6 is 22.9 Å². The molecule has 1 aliphatic carbocycles. The van der Waals surface area contributed by atoms with Gasteiger partial charge in [0.25, 0.3) is 11.8 Å². The molecule has 2 aliphatic heterocycles. The zero-order valence-electron chi connectivity index (χ0n) is 30.4. The summed E-state index contributed by atoms with van der Waals surface area (Å²) in [5.74, 6) is 0.0748. The van der Waals surface area contributed by atoms with E-state index in [1.54, 1.807) is 23.5 Å². The van der Waals surface area contributed by atoms with Gasteiger partial charge in [0.05, 0.1) is 22.9 Å². The van der Waals surface area contributed by atoms with Gasteiger partial charge in [-0.3, -0.25) is 38.4 Å². The molecule has 2 aromatic carbocycles. The van der Waals surface area contributed by atoms with Crippen LogP contribution in [0.15, 0.2) is 59.6 Å². The third kappa shape index (κ3) is 7.12. The van der Waals surface area contributed by atoms with Gasteiger partial charge in [-0.05, 0) is 76.3 Å². The number of fused-ring (bicyclic) bond motifs is 4. The Labute approximate surface area is 322 Å². The number of carbonyl (C=O) groups is 5. The van der Waals surface area contributed by atoms with E-state index in [9.17, 15) is 24.0 Å². The smallest absolute Gasteiger partial charge is 0.266 e. The van der Waals surface area contributed by atoms with Crippen LogP contribution in [0.3, 0.4) is 0 Å². The first-order valence-corrected chi connectivity index (χ1v) is 19.3. The fraction of sp³-hybridized carbons (Fsp3) is 0.366. The maximum absolute atomic E-state index is 13.4. The fourth-order valence-corrected chi connectivity index (χ4v) is 8.74. The third-order valence-corrected chi connectivity index (χ3v) is 11.8. The molecule has 13 heteroatoms. The Bertz CT molecular complexity index is 2250. The number of amides is 2. The number of aryl methyl sites for hydroxylation is 2. The van der Waals surface area contributed by atoms with E-state index >= 15 is 0 Å². The molecule has 4 aromatic rings. The predicted octanol–water partition coefficient (Wildman–Crippen LogP) is 7.63. The number of ether oxygens (including phenoxy) is 1. The van der Waals surface area contributed by atoms with Gasteiger partial charge in [0.2, 0.25) is 0 Å². The van der Waals surface area contributed by atoms with Crippen molar-refractivity contribution in [3.63, 3.8) is 0 Å². The molecule has 0 N–H and O–H groups in total. The van der Waals surface area contributed by atoms with Gasteiger partial charge in [0.1, 0.15) is 35.0 Å². The highest BCUT2D eigenvalue weighted by Gasteiger charge is 2.45. The maximum atomic E-state index is 13.4. The van der Waals surface area contributed by atoms with Gasteiger partial charge < -0.3 is 4.74 Å². The normalized spacial score (nSPS) is 17.9. The highest BCUT2D eigenvalue weighted by molar-refractivity contribution is 7.15. The van der Waals surface area contributed by atoms with Gasteiger partial charge in [0, 0.05) is 46.7 Å². The number of unbranched alkanes of at least 4 members (excludes halogenated alkanes) is 2. The zero-order chi connectivity index (χ0) is 38.3. The molecule has 0 saturated heterocycles. The number of rotatable bonds is 13. The Morgan fingerprint density at radius 1 is 0.944 bits per heavy atom. The summed E-state index contributed by atoms with van der Waals surface area (Å²) >= 11 is 7.88. The molecule has 2 amide bonds. The van der Waals surface area contributed by atoms with Crippen molar-refractivity contribution in [2.24, 2.45) is 4.99 Å². The number of hydrogen-bond acceptors (Lipinski definition) is 10. The maximum Gasteiger partial charge on any atom is 0.266 e. The second kappa shape index (κ2) is 15.3. The van der Waals surface area contributed by atoms with Crippen molar-refractivity contribution in [3.05, 3.63) is 104 Å². The van der Waals surface area contributed by atoms with Crippen LogP contribution < -0.4 is 4.74 Å². The van der Waals surface area contributed by atoms with Crippen LogP contribution in [0.5, 0.6) is 5.75 Å². The monoisotopic (exact) mass is 765 g/mol. The van der Waals surface area contributed by atoms with Gasteiger partial charge in [-0.2, -0.15) is 0 Å². The largest absolute Gasteiger partial charge is 0.485 e. The number of aromatic nitrogens is 3. The van der Waals surface area contributed by atoms with Crippen molar-refractivity contribution in [2.45, 2.75) is 90.6 Å². The first-order valence-electron chi connectivity index (χ1n) is 18.2. The number of nitrogens with zero attached hydrogens (tertiary/aromatic N) is 5. The number of hydrogen-bond donors (Lipinski definition) is 0. The highest BCUT2D eigenvalue weighted by Crippen LogP contribution is 2.40. The van der Waals surface area contributed by atoms with Crippen LogP contribution in [-0.2, 0) is 14.4 Å². The zero-order valence-corrected chi connectivity index (χ0v) is 32.0. The number of halogens is 1. The number of carbonyl (C=O) groups excluding carboxylic acids is 5. The van der Waals surface area contributed by atoms with Crippen molar-refractivity contribution >= 4 is 57.8 Å². The molecule has 0 bridgehead atoms. The van der Waals surface area contributed by atoms with Crippen LogP contribution in [-0.4, -0.2) is 67.2 Å². The Balaban J connectivity index is 0.936. The molecule has 1 unspecified atom stereocenters. The molecule has 3 aliphatic rings. The first-order chi connectivity index (χ1) is 25.9. The first kappa shape index (κ1) is 37.3. The van der Waals surface area contributed by atoms with Crippen molar-refractivity contribution in [1.82, 2.24) is 19.7 Å². The number of aliphatic imine (C=N–C) groups is 1. The van der Waals surface area contributed by atoms with Crippen molar-refractivity contribution in [3.8, 4) is 10.8 Å². The van der Waals surface area contributed by atoms with Gasteiger partial charge in [0.15, 0.2) is 17.4 Å². The lowest BCUT2D eigenvalue weighted by Crippen LogP contribution is -2.46. The summed E-state index contributed by atoms with van der Waals surface area (Å²) in [6, 6.07) is 10.9. The molecule has 1 fully saturated rings. The molecule has 11 nitrogen and oxygen atoms in total. The minimum atomic E-state index is -0.830. The summed E-state index contributed by atoms with van der Waals surface area (Å²) in [4.78, 5) is 72.8. The lowest BCUT2D eigenvalue weighted by atomic mass is 9.89. The molecule has 54 heavy (non-hydrogen) atoms. The Hall–Kier alpha value is -5.07. The van der Waals surface area contributed by atoms with E-state index in [4.69, 9.17) is 21.3 Å². The number of Topliss-reactive ketones (excluding diaryl/α,β-unsaturated/α-hetero) is 3. The lowest BCUT2D eigenvalue weighted by molar-refractivity contribution is -0.123. The molecular formula is C41H40ClN5O6S. The molecule has 4 heterocycles. The number of thiophene rings is 1. The van der Waals surface area contributed by atoms with Gasteiger partial charge in [-0.15, -0.1) is 21.5 Å². The van der Waals surface area contributed by atoms with E-state index in [1.807, 2.05) is 35.8 Å². The second-order valence-electron chi connectivity index (χ2n) is 14.1. The minimum Gasteiger partial charge on any atom is -0.485 e. The Morgan fingerprint density at radius 3 is 2.43 bits per heavy atom. The van der Waals surface area contributed by atoms with E-state index in [2.05, 4.69) is 30.6 Å². The SMILES string of the molecule is C=C1CCC(N2C(=O)c3cccc(OCC(=O)CCCCCC(=O)C[C@@H]4N=C(c5ccc(Cl)cc5)c5c(sc(C)c5C)-n5c(C)nnc54)c3C2=O)C(=O)C1. The van der Waals surface area contributed by atoms with Gasteiger partial charge in [-0.25, -0.2) is 0 Å². The number of imide groups is 1. The topological polar surface area (TPSA) is 141 Å². The molecule has 2 atom stereocenters. The fourth-order valence-electron chi connectivity index (χ4n) is 7.41. The van der Waals surface area contributed by atoms with E-state index in [0.717, 1.165) is 43.7 Å². The van der Waals surface area contributed by atoms with E-state index in [-0.39, 0.29) is 60.1 Å². The standard InChI is InChI=1S/C41H40ClN5O6S/c1-22-13-18-32(33(50)19-22)47-39(51)30-11-8-12-34(36(30)40(47)52)53-21-29(49)10-7-5-6-9-28(48)20-31-38-45-44-25(4)46(38)41-35(23(2)24(3)54-41)37(43-31)26-14-16-27(42)17-15-26/h8,11-12,14-17,31-32H,1,5-7,9-10,13,18-21H2,2-4H3/t31-,32?/m0/s1. The van der Waals surface area contributed by atoms with Crippen LogP contribution in [0.4, 0.5) is 0 Å². The van der Waals surface area contributed by atoms with Gasteiger partial charge in [-0.1, -0.05) is 48.4 Å².